The first kappa shape index (κ1) is 27.3. The minimum Gasteiger partial charge on any atom is -0.487 e. The van der Waals surface area contributed by atoms with Gasteiger partial charge in [-0.1, -0.05) is 13.0 Å². The van der Waals surface area contributed by atoms with E-state index < -0.39 is 65.0 Å². The Morgan fingerprint density at radius 1 is 1.26 bits per heavy atom. The minimum absolute atomic E-state index is 0.00758. The molecule has 38 heavy (non-hydrogen) atoms. The summed E-state index contributed by atoms with van der Waals surface area (Å²) in [6, 6.07) is 6.25. The molecule has 1 saturated heterocycles. The van der Waals surface area contributed by atoms with E-state index in [0.717, 1.165) is 25.1 Å². The molecular weight excluding hydrogens is 515 g/mol. The third kappa shape index (κ3) is 4.76. The molecule has 0 bridgehead atoms. The molecule has 4 atom stereocenters. The number of amides is 2. The molecule has 202 valence electrons. The third-order valence-corrected chi connectivity index (χ3v) is 7.21. The topological polar surface area (TPSA) is 127 Å². The maximum Gasteiger partial charge on any atom is 0.417 e. The Labute approximate surface area is 213 Å². The fourth-order valence-electron chi connectivity index (χ4n) is 4.74. The van der Waals surface area contributed by atoms with Crippen LogP contribution in [0.5, 0.6) is 5.75 Å². The van der Waals surface area contributed by atoms with E-state index in [4.69, 9.17) is 20.5 Å². The lowest BCUT2D eigenvalue weighted by Crippen LogP contribution is -2.47. The number of nitrogens with zero attached hydrogens (tertiary/aromatic N) is 2. The predicted octanol–water partition coefficient (Wildman–Crippen LogP) is 4.22. The summed E-state index contributed by atoms with van der Waals surface area (Å²) < 4.78 is 82.7. The number of aromatic nitrogens is 1. The number of rotatable bonds is 6. The highest BCUT2D eigenvalue weighted by Crippen LogP contribution is 2.55. The molecule has 2 heterocycles. The van der Waals surface area contributed by atoms with E-state index in [1.165, 1.54) is 19.2 Å². The Morgan fingerprint density at radius 3 is 2.55 bits per heavy atom. The average molecular weight is 538 g/mol. The van der Waals surface area contributed by atoms with Crippen molar-refractivity contribution >= 4 is 17.5 Å². The summed E-state index contributed by atoms with van der Waals surface area (Å²) in [6.45, 7) is 1.97. The summed E-state index contributed by atoms with van der Waals surface area (Å²) in [6.07, 6.45) is -5.77. The molecule has 2 amide bonds. The van der Waals surface area contributed by atoms with Crippen molar-refractivity contribution in [1.82, 2.24) is 4.98 Å². The number of hydrogen-bond donors (Lipinski definition) is 2. The van der Waals surface area contributed by atoms with Gasteiger partial charge < -0.3 is 20.5 Å². The van der Waals surface area contributed by atoms with E-state index in [0.29, 0.717) is 0 Å². The molecule has 1 aromatic heterocycles. The van der Waals surface area contributed by atoms with Crippen molar-refractivity contribution in [2.24, 2.45) is 17.6 Å². The first-order valence-corrected chi connectivity index (χ1v) is 11.6. The van der Waals surface area contributed by atoms with Crippen LogP contribution in [0.15, 0.2) is 30.5 Å². The van der Waals surface area contributed by atoms with Crippen LogP contribution in [0, 0.1) is 34.8 Å². The second-order valence-corrected chi connectivity index (χ2v) is 9.56. The predicted molar refractivity (Wildman–Crippen MR) is 122 cm³/mol. The molecule has 2 aromatic rings. The highest BCUT2D eigenvalue weighted by atomic mass is 19.4. The maximum atomic E-state index is 15.0. The number of benzene rings is 1. The molecule has 3 N–H and O–H groups in total. The van der Waals surface area contributed by atoms with Gasteiger partial charge in [-0.05, 0) is 25.1 Å². The highest BCUT2D eigenvalue weighted by Gasteiger charge is 2.66. The van der Waals surface area contributed by atoms with E-state index in [-0.39, 0.29) is 35.7 Å². The lowest BCUT2D eigenvalue weighted by Gasteiger charge is -2.34. The van der Waals surface area contributed by atoms with Gasteiger partial charge in [0.2, 0.25) is 5.82 Å². The maximum absolute atomic E-state index is 15.0. The molecule has 0 unspecified atom stereocenters. The van der Waals surface area contributed by atoms with Crippen molar-refractivity contribution in [3.63, 3.8) is 0 Å². The van der Waals surface area contributed by atoms with Crippen molar-refractivity contribution in [2.45, 2.75) is 56.6 Å². The van der Waals surface area contributed by atoms with Crippen LogP contribution in [0.3, 0.4) is 0 Å². The Hall–Kier alpha value is -3.79. The van der Waals surface area contributed by atoms with E-state index >= 15 is 0 Å². The molecule has 1 saturated carbocycles. The second-order valence-electron chi connectivity index (χ2n) is 9.56. The van der Waals surface area contributed by atoms with Crippen LogP contribution in [0.2, 0.25) is 0 Å². The van der Waals surface area contributed by atoms with E-state index in [1.807, 2.05) is 6.07 Å². The van der Waals surface area contributed by atoms with Crippen LogP contribution < -0.4 is 15.8 Å². The number of hydrogen-bond acceptors (Lipinski definition) is 6. The number of pyridine rings is 1. The lowest BCUT2D eigenvalue weighted by molar-refractivity contribution is -0.272. The zero-order chi connectivity index (χ0) is 28.0. The Bertz CT molecular complexity index is 1310. The molecular formula is C25H23F5N4O4. The Morgan fingerprint density at radius 2 is 1.95 bits per heavy atom. The minimum atomic E-state index is -4.93. The number of primary amides is 1. The van der Waals surface area contributed by atoms with Crippen molar-refractivity contribution in [2.75, 3.05) is 5.32 Å². The van der Waals surface area contributed by atoms with Gasteiger partial charge in [-0.25, -0.2) is 4.39 Å². The van der Waals surface area contributed by atoms with Crippen molar-refractivity contribution in [3.05, 3.63) is 53.4 Å². The van der Waals surface area contributed by atoms with E-state index in [1.54, 1.807) is 0 Å². The monoisotopic (exact) mass is 538 g/mol. The highest BCUT2D eigenvalue weighted by molar-refractivity contribution is 5.97. The number of nitriles is 1. The first-order chi connectivity index (χ1) is 17.8. The van der Waals surface area contributed by atoms with E-state index in [9.17, 15) is 31.5 Å². The zero-order valence-electron chi connectivity index (χ0n) is 20.2. The van der Waals surface area contributed by atoms with Crippen molar-refractivity contribution in [3.8, 4) is 11.8 Å². The van der Waals surface area contributed by atoms with Crippen LogP contribution >= 0.6 is 0 Å². The van der Waals surface area contributed by atoms with Gasteiger partial charge in [-0.2, -0.15) is 22.8 Å². The Balaban J connectivity index is 1.75. The van der Waals surface area contributed by atoms with E-state index in [2.05, 4.69) is 10.3 Å². The van der Waals surface area contributed by atoms with Gasteiger partial charge in [0.15, 0.2) is 17.2 Å². The summed E-state index contributed by atoms with van der Waals surface area (Å²) in [5.74, 6) is -8.47. The van der Waals surface area contributed by atoms with Crippen LogP contribution in [0.25, 0.3) is 0 Å². The molecule has 8 nitrogen and oxygen atoms in total. The molecule has 1 aliphatic heterocycles. The summed E-state index contributed by atoms with van der Waals surface area (Å²) in [7, 11) is 0. The molecule has 2 aliphatic rings. The quantitative estimate of drug-likeness (QED) is 0.531. The molecule has 1 aromatic carbocycles. The number of carbonyl (C=O) groups excluding carboxylic acids is 2. The molecule has 2 fully saturated rings. The van der Waals surface area contributed by atoms with Gasteiger partial charge in [0, 0.05) is 42.1 Å². The Kier molecular flexibility index (Phi) is 7.05. The van der Waals surface area contributed by atoms with Gasteiger partial charge in [0.1, 0.15) is 17.9 Å². The molecule has 0 radical (unpaired) electrons. The second kappa shape index (κ2) is 9.83. The number of carbonyl (C=O) groups is 2. The number of ether oxygens (including phenoxy) is 2. The fraction of sp³-hybridized carbons (Fsp3) is 0.440. The average Bonchev–Trinajstić information content (AvgIpc) is 3.10. The first-order valence-electron chi connectivity index (χ1n) is 11.6. The van der Waals surface area contributed by atoms with Gasteiger partial charge in [0.05, 0.1) is 12.0 Å². The summed E-state index contributed by atoms with van der Waals surface area (Å²) in [4.78, 5) is 28.5. The summed E-state index contributed by atoms with van der Waals surface area (Å²) in [5.41, 5.74) is 1.98. The molecule has 4 rings (SSSR count). The molecule has 13 heteroatoms. The van der Waals surface area contributed by atoms with Crippen molar-refractivity contribution < 1.29 is 41.0 Å². The normalized spacial score (nSPS) is 28.7. The SMILES string of the molecule is C[C@H]1[C@@H](c2ccc(F)c(F)c2O[C@H]2C[C@@H](C#N)C2)[C@H](C(=O)Nc2ccnc(C(N)=O)c2)O[C@@]1(C)C(F)(F)F. The third-order valence-electron chi connectivity index (χ3n) is 7.21. The van der Waals surface area contributed by atoms with Gasteiger partial charge in [0.25, 0.3) is 11.8 Å². The lowest BCUT2D eigenvalue weighted by atomic mass is 9.76. The molecule has 0 spiro atoms. The van der Waals surface area contributed by atoms with Crippen LogP contribution in [-0.4, -0.2) is 40.8 Å². The number of nitrogens with two attached hydrogens (primary N) is 1. The largest absolute Gasteiger partial charge is 0.487 e. The fourth-order valence-corrected chi connectivity index (χ4v) is 4.74. The van der Waals surface area contributed by atoms with Crippen LogP contribution in [-0.2, 0) is 9.53 Å². The van der Waals surface area contributed by atoms with Crippen LogP contribution in [0.4, 0.5) is 27.6 Å². The number of alkyl halides is 3. The van der Waals surface area contributed by atoms with Gasteiger partial charge >= 0.3 is 6.18 Å². The number of halogens is 5. The number of nitrogens with one attached hydrogen (secondary N) is 1. The zero-order valence-corrected chi connectivity index (χ0v) is 20.2. The smallest absolute Gasteiger partial charge is 0.417 e. The summed E-state index contributed by atoms with van der Waals surface area (Å²) >= 11 is 0. The van der Waals surface area contributed by atoms with Crippen molar-refractivity contribution in [1.29, 1.82) is 5.26 Å². The summed E-state index contributed by atoms with van der Waals surface area (Å²) in [5, 5.41) is 11.4. The molecule has 1 aliphatic carbocycles. The standard InChI is InChI=1S/C25H23F5N4O4/c1-11-18(15-3-4-16(26)19(27)20(15)37-14-7-12(8-14)10-31)21(38-24(11,2)25(28,29)30)23(36)34-13-5-6-33-17(9-13)22(32)35/h3-6,9,11-12,14,18,21H,7-8H2,1-2H3,(H2,32,35)(H,33,34,36)/t11-,12-,14+,18-,21+,24+/m0/s1. The van der Waals surface area contributed by atoms with Crippen LogP contribution in [0.1, 0.15) is 48.7 Å². The van der Waals surface area contributed by atoms with Gasteiger partial charge in [-0.15, -0.1) is 0 Å². The van der Waals surface area contributed by atoms with Gasteiger partial charge in [-0.3, -0.25) is 14.6 Å². The number of anilines is 1.